The number of hydrogen-bond acceptors (Lipinski definition) is 6. The second-order valence-electron chi connectivity index (χ2n) is 6.54. The van der Waals surface area contributed by atoms with Gasteiger partial charge in [-0.1, -0.05) is 30.3 Å². The first kappa shape index (κ1) is 19.1. The van der Waals surface area contributed by atoms with Crippen LogP contribution in [-0.2, 0) is 14.3 Å². The number of anilines is 1. The number of carbonyl (C=O) groups is 2. The number of hydrogen-bond donors (Lipinski definition) is 1. The minimum atomic E-state index is -0.808. The van der Waals surface area contributed by atoms with E-state index in [1.165, 1.54) is 23.8 Å². The zero-order valence-corrected chi connectivity index (χ0v) is 16.7. The first-order chi connectivity index (χ1) is 14.0. The number of amides is 1. The van der Waals surface area contributed by atoms with Gasteiger partial charge in [0.25, 0.3) is 5.91 Å². The molecular formula is C22H19NO5S. The van der Waals surface area contributed by atoms with Gasteiger partial charge in [-0.3, -0.25) is 14.5 Å². The van der Waals surface area contributed by atoms with Gasteiger partial charge in [0.1, 0.15) is 11.0 Å². The topological polar surface area (TPSA) is 76.1 Å². The lowest BCUT2D eigenvalue weighted by Crippen LogP contribution is -2.39. The summed E-state index contributed by atoms with van der Waals surface area (Å²) in [7, 11) is 2.86. The summed E-state index contributed by atoms with van der Waals surface area (Å²) in [6.45, 7) is 0. The van der Waals surface area contributed by atoms with Crippen molar-refractivity contribution in [1.82, 2.24) is 0 Å². The maximum Gasteiger partial charge on any atom is 0.323 e. The lowest BCUT2D eigenvalue weighted by Gasteiger charge is -2.31. The van der Waals surface area contributed by atoms with E-state index in [0.717, 1.165) is 10.5 Å². The fourth-order valence-corrected chi connectivity index (χ4v) is 4.83. The third-order valence-electron chi connectivity index (χ3n) is 4.95. The van der Waals surface area contributed by atoms with E-state index in [0.29, 0.717) is 17.0 Å². The summed E-state index contributed by atoms with van der Waals surface area (Å²) in [5.41, 5.74) is 1.88. The van der Waals surface area contributed by atoms with Crippen LogP contribution in [0.15, 0.2) is 72.0 Å². The van der Waals surface area contributed by atoms with Gasteiger partial charge in [0.05, 0.1) is 20.3 Å². The van der Waals surface area contributed by atoms with Crippen LogP contribution in [0, 0.1) is 0 Å². The molecule has 0 fully saturated rings. The highest BCUT2D eigenvalue weighted by Crippen LogP contribution is 2.47. The van der Waals surface area contributed by atoms with Crippen molar-refractivity contribution >= 4 is 34.2 Å². The fourth-order valence-electron chi connectivity index (χ4n) is 3.53. The molecule has 4 rings (SSSR count). The van der Waals surface area contributed by atoms with Crippen molar-refractivity contribution in [2.24, 2.45) is 0 Å². The Morgan fingerprint density at radius 3 is 2.38 bits per heavy atom. The summed E-state index contributed by atoms with van der Waals surface area (Å²) >= 11 is 1.27. The van der Waals surface area contributed by atoms with Gasteiger partial charge in [0, 0.05) is 16.2 Å². The fraction of sp³-hybridized carbons (Fsp3) is 0.182. The van der Waals surface area contributed by atoms with E-state index >= 15 is 0 Å². The first-order valence-electron chi connectivity index (χ1n) is 8.97. The van der Waals surface area contributed by atoms with E-state index in [1.54, 1.807) is 31.4 Å². The Kier molecular flexibility index (Phi) is 5.07. The van der Waals surface area contributed by atoms with Crippen molar-refractivity contribution in [3.05, 3.63) is 77.6 Å². The zero-order valence-electron chi connectivity index (χ0n) is 15.9. The molecule has 1 N–H and O–H groups in total. The highest BCUT2D eigenvalue weighted by Gasteiger charge is 2.48. The number of fused-ring (bicyclic) bond motifs is 1. The molecule has 1 amide bonds. The SMILES string of the molecule is COC(=O)[C@H]1SC(c2ccccc2)=C[C@@H]2C1=C(O)C(=O)N2c1ccc(OC)cc1. The number of thioether (sulfide) groups is 1. The van der Waals surface area contributed by atoms with E-state index < -0.39 is 28.9 Å². The Morgan fingerprint density at radius 1 is 1.07 bits per heavy atom. The number of nitrogens with zero attached hydrogens (tertiary/aromatic N) is 1. The highest BCUT2D eigenvalue weighted by atomic mass is 32.2. The summed E-state index contributed by atoms with van der Waals surface area (Å²) in [5, 5.41) is 9.80. The molecule has 2 aliphatic heterocycles. The quantitative estimate of drug-likeness (QED) is 0.779. The van der Waals surface area contributed by atoms with E-state index in [9.17, 15) is 14.7 Å². The average molecular weight is 409 g/mol. The summed E-state index contributed by atoms with van der Waals surface area (Å²) in [4.78, 5) is 27.8. The van der Waals surface area contributed by atoms with Gasteiger partial charge in [-0.05, 0) is 35.9 Å². The van der Waals surface area contributed by atoms with Crippen LogP contribution in [-0.4, -0.2) is 42.5 Å². The number of benzene rings is 2. The second kappa shape index (κ2) is 7.67. The molecule has 0 saturated carbocycles. The van der Waals surface area contributed by atoms with Crippen molar-refractivity contribution in [2.45, 2.75) is 11.3 Å². The van der Waals surface area contributed by atoms with Gasteiger partial charge in [-0.2, -0.15) is 0 Å². The summed E-state index contributed by atoms with van der Waals surface area (Å²) in [6.07, 6.45) is 1.90. The van der Waals surface area contributed by atoms with Crippen molar-refractivity contribution in [2.75, 3.05) is 19.1 Å². The molecule has 2 aliphatic rings. The molecule has 2 aromatic rings. The third-order valence-corrected chi connectivity index (χ3v) is 6.26. The number of aliphatic hydroxyl groups excluding tert-OH is 1. The predicted octanol–water partition coefficient (Wildman–Crippen LogP) is 3.55. The van der Waals surface area contributed by atoms with Gasteiger partial charge in [0.15, 0.2) is 5.76 Å². The molecule has 2 aromatic carbocycles. The van der Waals surface area contributed by atoms with Gasteiger partial charge in [-0.15, -0.1) is 11.8 Å². The van der Waals surface area contributed by atoms with Crippen LogP contribution in [0.2, 0.25) is 0 Å². The summed E-state index contributed by atoms with van der Waals surface area (Å²) < 4.78 is 10.1. The largest absolute Gasteiger partial charge is 0.503 e. The van der Waals surface area contributed by atoms with Crippen LogP contribution in [0.25, 0.3) is 4.91 Å². The molecule has 0 radical (unpaired) electrons. The maximum atomic E-state index is 12.9. The van der Waals surface area contributed by atoms with E-state index in [-0.39, 0.29) is 0 Å². The Balaban J connectivity index is 1.83. The number of aliphatic hydroxyl groups is 1. The molecule has 0 aliphatic carbocycles. The highest BCUT2D eigenvalue weighted by molar-refractivity contribution is 8.09. The normalized spacial score (nSPS) is 21.0. The third kappa shape index (κ3) is 3.27. The monoisotopic (exact) mass is 409 g/mol. The number of methoxy groups -OCH3 is 2. The molecule has 0 saturated heterocycles. The van der Waals surface area contributed by atoms with Crippen LogP contribution in [0.3, 0.4) is 0 Å². The van der Waals surface area contributed by atoms with Crippen LogP contribution in [0.4, 0.5) is 5.69 Å². The van der Waals surface area contributed by atoms with Gasteiger partial charge in [-0.25, -0.2) is 0 Å². The molecule has 0 bridgehead atoms. The lowest BCUT2D eigenvalue weighted by atomic mass is 10.0. The van der Waals surface area contributed by atoms with Crippen LogP contribution in [0.1, 0.15) is 5.56 Å². The average Bonchev–Trinajstić information content (AvgIpc) is 3.03. The molecule has 7 heteroatoms. The summed E-state index contributed by atoms with van der Waals surface area (Å²) in [6, 6.07) is 16.0. The molecular weight excluding hydrogens is 390 g/mol. The smallest absolute Gasteiger partial charge is 0.323 e. The van der Waals surface area contributed by atoms with E-state index in [4.69, 9.17) is 9.47 Å². The van der Waals surface area contributed by atoms with E-state index in [2.05, 4.69) is 0 Å². The number of rotatable bonds is 4. The number of esters is 1. The van der Waals surface area contributed by atoms with Crippen LogP contribution < -0.4 is 9.64 Å². The minimum absolute atomic E-state index is 0.349. The van der Waals surface area contributed by atoms with Crippen LogP contribution >= 0.6 is 11.8 Å². The Hall–Kier alpha value is -3.19. The standard InChI is InChI=1S/C22H19NO5S/c1-27-15-10-8-14(9-11-15)23-16-12-17(13-6-4-3-5-7-13)29-20(22(26)28-2)18(16)19(24)21(23)25/h3-12,16,20,24H,1-2H3/t16-,20+/m1/s1. The minimum Gasteiger partial charge on any atom is -0.503 e. The lowest BCUT2D eigenvalue weighted by molar-refractivity contribution is -0.139. The van der Waals surface area contributed by atoms with Crippen molar-refractivity contribution in [1.29, 1.82) is 0 Å². The Bertz CT molecular complexity index is 1010. The van der Waals surface area contributed by atoms with Crippen molar-refractivity contribution in [3.63, 3.8) is 0 Å². The van der Waals surface area contributed by atoms with E-state index in [1.807, 2.05) is 36.4 Å². The Labute approximate surface area is 172 Å². The maximum absolute atomic E-state index is 12.9. The molecule has 148 valence electrons. The van der Waals surface area contributed by atoms with Gasteiger partial charge in [0.2, 0.25) is 0 Å². The molecule has 0 spiro atoms. The number of carbonyl (C=O) groups excluding carboxylic acids is 2. The first-order valence-corrected chi connectivity index (χ1v) is 9.85. The Morgan fingerprint density at radius 2 is 1.76 bits per heavy atom. The molecule has 6 nitrogen and oxygen atoms in total. The second-order valence-corrected chi connectivity index (χ2v) is 7.69. The number of ether oxygens (including phenoxy) is 2. The zero-order chi connectivity index (χ0) is 20.5. The van der Waals surface area contributed by atoms with Gasteiger partial charge >= 0.3 is 5.97 Å². The van der Waals surface area contributed by atoms with Crippen molar-refractivity contribution < 1.29 is 24.2 Å². The predicted molar refractivity (Wildman–Crippen MR) is 112 cm³/mol. The summed E-state index contributed by atoms with van der Waals surface area (Å²) in [5.74, 6) is -0.801. The molecule has 0 unspecified atom stereocenters. The molecule has 0 aromatic heterocycles. The van der Waals surface area contributed by atoms with Crippen molar-refractivity contribution in [3.8, 4) is 5.75 Å². The van der Waals surface area contributed by atoms with Crippen LogP contribution in [0.5, 0.6) is 5.75 Å². The van der Waals surface area contributed by atoms with Gasteiger partial charge < -0.3 is 14.6 Å². The molecule has 2 heterocycles. The molecule has 29 heavy (non-hydrogen) atoms. The molecule has 2 atom stereocenters.